The first-order chi connectivity index (χ1) is 10.1. The molecule has 6 heteroatoms. The Balaban J connectivity index is 1.63. The van der Waals surface area contributed by atoms with Gasteiger partial charge in [-0.1, -0.05) is 29.2 Å². The highest BCUT2D eigenvalue weighted by atomic mass is 35.5. The molecule has 112 valence electrons. The number of rotatable bonds is 5. The molecule has 0 unspecified atom stereocenters. The maximum atomic E-state index is 13.8. The average molecular weight is 310 g/mol. The topological polar surface area (TPSA) is 42.2 Å². The van der Waals surface area contributed by atoms with E-state index in [4.69, 9.17) is 16.1 Å². The minimum Gasteiger partial charge on any atom is -0.339 e. The fraction of sp³-hybridized carbons (Fsp3) is 0.467. The van der Waals surface area contributed by atoms with Crippen LogP contribution in [0.4, 0.5) is 4.39 Å². The summed E-state index contributed by atoms with van der Waals surface area (Å²) in [5.41, 5.74) is 0.490. The third-order valence-electron chi connectivity index (χ3n) is 3.84. The highest BCUT2D eigenvalue weighted by molar-refractivity contribution is 6.31. The van der Waals surface area contributed by atoms with Crippen molar-refractivity contribution in [3.63, 3.8) is 0 Å². The van der Waals surface area contributed by atoms with E-state index in [2.05, 4.69) is 10.1 Å². The van der Waals surface area contributed by atoms with E-state index in [0.717, 1.165) is 18.7 Å². The van der Waals surface area contributed by atoms with Crippen LogP contribution in [0.5, 0.6) is 0 Å². The molecule has 1 fully saturated rings. The van der Waals surface area contributed by atoms with E-state index in [9.17, 15) is 4.39 Å². The van der Waals surface area contributed by atoms with Crippen LogP contribution < -0.4 is 0 Å². The van der Waals surface area contributed by atoms with Gasteiger partial charge >= 0.3 is 0 Å². The zero-order valence-corrected chi connectivity index (χ0v) is 12.6. The molecular weight excluding hydrogens is 293 g/mol. The van der Waals surface area contributed by atoms with E-state index in [-0.39, 0.29) is 5.82 Å². The van der Waals surface area contributed by atoms with Gasteiger partial charge in [0.25, 0.3) is 0 Å². The van der Waals surface area contributed by atoms with Crippen molar-refractivity contribution in [2.45, 2.75) is 38.3 Å². The molecule has 0 aliphatic heterocycles. The molecule has 0 bridgehead atoms. The molecule has 0 N–H and O–H groups in total. The van der Waals surface area contributed by atoms with E-state index in [0.29, 0.717) is 35.4 Å². The zero-order valence-electron chi connectivity index (χ0n) is 11.9. The first kappa shape index (κ1) is 14.5. The van der Waals surface area contributed by atoms with Crippen LogP contribution in [-0.2, 0) is 13.1 Å². The first-order valence-corrected chi connectivity index (χ1v) is 7.45. The number of benzene rings is 1. The second kappa shape index (κ2) is 6.12. The molecule has 1 aliphatic carbocycles. The molecule has 0 radical (unpaired) electrons. The van der Waals surface area contributed by atoms with E-state index >= 15 is 0 Å². The molecule has 1 aliphatic rings. The lowest BCUT2D eigenvalue weighted by molar-refractivity contribution is 0.280. The fourth-order valence-corrected chi connectivity index (χ4v) is 2.63. The van der Waals surface area contributed by atoms with Gasteiger partial charge in [0.1, 0.15) is 5.82 Å². The quantitative estimate of drug-likeness (QED) is 0.843. The third-order valence-corrected chi connectivity index (χ3v) is 4.19. The van der Waals surface area contributed by atoms with Gasteiger partial charge < -0.3 is 4.52 Å². The molecule has 1 saturated carbocycles. The summed E-state index contributed by atoms with van der Waals surface area (Å²) in [6, 6.07) is 4.71. The zero-order chi connectivity index (χ0) is 14.8. The largest absolute Gasteiger partial charge is 0.339 e. The maximum absolute atomic E-state index is 13.8. The summed E-state index contributed by atoms with van der Waals surface area (Å²) in [5.74, 6) is 1.50. The Hall–Kier alpha value is -1.46. The Labute approximate surface area is 127 Å². The molecule has 2 aromatic rings. The lowest BCUT2D eigenvalue weighted by atomic mass is 9.85. The Bertz CT molecular complexity index is 607. The summed E-state index contributed by atoms with van der Waals surface area (Å²) in [6.45, 7) is 0.902. The van der Waals surface area contributed by atoms with Gasteiger partial charge in [0.2, 0.25) is 5.89 Å². The molecule has 1 aromatic heterocycles. The van der Waals surface area contributed by atoms with Crippen LogP contribution in [0.15, 0.2) is 22.7 Å². The Morgan fingerprint density at radius 3 is 2.86 bits per heavy atom. The Kier molecular flexibility index (Phi) is 4.22. The van der Waals surface area contributed by atoms with Crippen LogP contribution in [-0.4, -0.2) is 22.1 Å². The summed E-state index contributed by atoms with van der Waals surface area (Å²) in [7, 11) is 1.88. The summed E-state index contributed by atoms with van der Waals surface area (Å²) < 4.78 is 19.0. The normalized spacial score (nSPS) is 15.4. The van der Waals surface area contributed by atoms with E-state index in [1.54, 1.807) is 12.1 Å². The summed E-state index contributed by atoms with van der Waals surface area (Å²) in [6.07, 6.45) is 3.48. The lowest BCUT2D eigenvalue weighted by Gasteiger charge is -2.20. The second-order valence-electron chi connectivity index (χ2n) is 5.55. The van der Waals surface area contributed by atoms with Crippen molar-refractivity contribution < 1.29 is 8.91 Å². The van der Waals surface area contributed by atoms with E-state index < -0.39 is 0 Å². The van der Waals surface area contributed by atoms with Crippen molar-refractivity contribution in [1.82, 2.24) is 15.0 Å². The SMILES string of the molecule is CN(Cc1noc(C2CCC2)n1)Cc1c(F)cccc1Cl. The van der Waals surface area contributed by atoms with Gasteiger partial charge in [-0.2, -0.15) is 4.98 Å². The van der Waals surface area contributed by atoms with Gasteiger partial charge in [-0.3, -0.25) is 4.90 Å². The van der Waals surface area contributed by atoms with Gasteiger partial charge in [0.15, 0.2) is 5.82 Å². The second-order valence-corrected chi connectivity index (χ2v) is 5.96. The summed E-state index contributed by atoms with van der Waals surface area (Å²) >= 11 is 6.03. The molecule has 21 heavy (non-hydrogen) atoms. The average Bonchev–Trinajstić information content (AvgIpc) is 2.80. The molecule has 3 rings (SSSR count). The predicted octanol–water partition coefficient (Wildman–Crippen LogP) is 3.76. The molecule has 0 spiro atoms. The smallest absolute Gasteiger partial charge is 0.229 e. The van der Waals surface area contributed by atoms with Gasteiger partial charge in [-0.25, -0.2) is 4.39 Å². The van der Waals surface area contributed by atoms with Crippen molar-refractivity contribution in [1.29, 1.82) is 0 Å². The fourth-order valence-electron chi connectivity index (χ4n) is 2.40. The molecule has 0 amide bonds. The highest BCUT2D eigenvalue weighted by Gasteiger charge is 2.25. The minimum absolute atomic E-state index is 0.294. The standard InChI is InChI=1S/C15H17ClFN3O/c1-20(8-11-12(16)6-3-7-13(11)17)9-14-18-15(21-19-14)10-4-2-5-10/h3,6-7,10H,2,4-5,8-9H2,1H3. The van der Waals surface area contributed by atoms with Crippen molar-refractivity contribution in [3.05, 3.63) is 46.3 Å². The Morgan fingerprint density at radius 1 is 1.38 bits per heavy atom. The summed E-state index contributed by atoms with van der Waals surface area (Å²) in [4.78, 5) is 6.33. The Morgan fingerprint density at radius 2 is 2.19 bits per heavy atom. The van der Waals surface area contributed by atoms with Crippen molar-refractivity contribution in [2.75, 3.05) is 7.05 Å². The van der Waals surface area contributed by atoms with E-state index in [1.165, 1.54) is 12.5 Å². The molecular formula is C15H17ClFN3O. The number of aromatic nitrogens is 2. The van der Waals surface area contributed by atoms with Crippen LogP contribution in [0.3, 0.4) is 0 Å². The predicted molar refractivity (Wildman–Crippen MR) is 77.5 cm³/mol. The number of nitrogens with zero attached hydrogens (tertiary/aromatic N) is 3. The van der Waals surface area contributed by atoms with Crippen molar-refractivity contribution >= 4 is 11.6 Å². The number of hydrogen-bond acceptors (Lipinski definition) is 4. The van der Waals surface area contributed by atoms with Crippen molar-refractivity contribution in [2.24, 2.45) is 0 Å². The van der Waals surface area contributed by atoms with Gasteiger partial charge in [-0.05, 0) is 32.0 Å². The molecule has 0 atom stereocenters. The van der Waals surface area contributed by atoms with Gasteiger partial charge in [0.05, 0.1) is 6.54 Å². The van der Waals surface area contributed by atoms with Crippen LogP contribution >= 0.6 is 11.6 Å². The van der Waals surface area contributed by atoms with Gasteiger partial charge in [0, 0.05) is 23.0 Å². The van der Waals surface area contributed by atoms with Crippen LogP contribution in [0.25, 0.3) is 0 Å². The number of halogens is 2. The van der Waals surface area contributed by atoms with Crippen LogP contribution in [0.2, 0.25) is 5.02 Å². The van der Waals surface area contributed by atoms with Gasteiger partial charge in [-0.15, -0.1) is 0 Å². The highest BCUT2D eigenvalue weighted by Crippen LogP contribution is 2.35. The molecule has 1 heterocycles. The first-order valence-electron chi connectivity index (χ1n) is 7.07. The third kappa shape index (κ3) is 3.24. The van der Waals surface area contributed by atoms with Crippen molar-refractivity contribution in [3.8, 4) is 0 Å². The lowest BCUT2D eigenvalue weighted by Crippen LogP contribution is -2.19. The van der Waals surface area contributed by atoms with Crippen LogP contribution in [0.1, 0.15) is 42.5 Å². The minimum atomic E-state index is -0.294. The monoisotopic (exact) mass is 309 g/mol. The number of hydrogen-bond donors (Lipinski definition) is 0. The molecule has 0 saturated heterocycles. The molecule has 1 aromatic carbocycles. The van der Waals surface area contributed by atoms with E-state index in [1.807, 2.05) is 11.9 Å². The summed E-state index contributed by atoms with van der Waals surface area (Å²) in [5, 5.41) is 4.43. The van der Waals surface area contributed by atoms with Crippen LogP contribution in [0, 0.1) is 5.82 Å². The molecule has 4 nitrogen and oxygen atoms in total. The maximum Gasteiger partial charge on any atom is 0.229 e.